The molecule has 1 aromatic heterocycles. The first-order chi connectivity index (χ1) is 8.45. The first-order valence-electron chi connectivity index (χ1n) is 5.58. The maximum atomic E-state index is 11.7. The third-order valence-electron chi connectivity index (χ3n) is 2.26. The van der Waals surface area contributed by atoms with E-state index >= 15 is 0 Å². The number of nitrogens with one attached hydrogen (secondary N) is 2. The summed E-state index contributed by atoms with van der Waals surface area (Å²) in [6.07, 6.45) is 0.293. The third kappa shape index (κ3) is 3.52. The number of aromatic amines is 1. The summed E-state index contributed by atoms with van der Waals surface area (Å²) in [7, 11) is 0. The Morgan fingerprint density at radius 1 is 1.50 bits per heavy atom. The van der Waals surface area contributed by atoms with Crippen LogP contribution in [0.2, 0.25) is 0 Å². The second kappa shape index (κ2) is 6.10. The van der Waals surface area contributed by atoms with E-state index in [2.05, 4.69) is 20.5 Å². The van der Waals surface area contributed by atoms with Crippen molar-refractivity contribution < 1.29 is 19.8 Å². The highest BCUT2D eigenvalue weighted by Gasteiger charge is 2.26. The van der Waals surface area contributed by atoms with E-state index in [0.29, 0.717) is 12.2 Å². The largest absolute Gasteiger partial charge is 0.480 e. The van der Waals surface area contributed by atoms with E-state index in [1.54, 1.807) is 0 Å². The molecular formula is C10H16N4O4. The molecule has 1 rings (SSSR count). The van der Waals surface area contributed by atoms with Crippen LogP contribution < -0.4 is 5.32 Å². The fraction of sp³-hybridized carbons (Fsp3) is 0.600. The number of hydrogen-bond donors (Lipinski definition) is 4. The zero-order valence-corrected chi connectivity index (χ0v) is 10.2. The molecule has 2 atom stereocenters. The Balaban J connectivity index is 2.71. The molecule has 0 aliphatic carbocycles. The number of carboxylic acids is 1. The minimum Gasteiger partial charge on any atom is -0.480 e. The molecule has 8 nitrogen and oxygen atoms in total. The molecule has 0 aromatic carbocycles. The van der Waals surface area contributed by atoms with Gasteiger partial charge in [-0.1, -0.05) is 6.92 Å². The van der Waals surface area contributed by atoms with Crippen LogP contribution in [0.25, 0.3) is 0 Å². The van der Waals surface area contributed by atoms with Crippen molar-refractivity contribution in [1.82, 2.24) is 20.5 Å². The number of aliphatic carboxylic acids is 1. The third-order valence-corrected chi connectivity index (χ3v) is 2.26. The van der Waals surface area contributed by atoms with E-state index < -0.39 is 24.0 Å². The molecule has 0 fully saturated rings. The van der Waals surface area contributed by atoms with Gasteiger partial charge >= 0.3 is 5.97 Å². The van der Waals surface area contributed by atoms with Gasteiger partial charge in [0.15, 0.2) is 6.04 Å². The van der Waals surface area contributed by atoms with Gasteiger partial charge in [-0.2, -0.15) is 0 Å². The van der Waals surface area contributed by atoms with Crippen molar-refractivity contribution in [2.24, 2.45) is 0 Å². The van der Waals surface area contributed by atoms with Crippen molar-refractivity contribution in [3.05, 3.63) is 11.6 Å². The molecule has 0 aliphatic heterocycles. The van der Waals surface area contributed by atoms with Crippen LogP contribution in [0, 0.1) is 0 Å². The molecule has 18 heavy (non-hydrogen) atoms. The number of aromatic nitrogens is 3. The first kappa shape index (κ1) is 14.1. The van der Waals surface area contributed by atoms with Crippen molar-refractivity contribution >= 4 is 11.9 Å². The summed E-state index contributed by atoms with van der Waals surface area (Å²) in [5, 5.41) is 26.5. The summed E-state index contributed by atoms with van der Waals surface area (Å²) in [5.41, 5.74) is 0. The van der Waals surface area contributed by atoms with Crippen molar-refractivity contribution in [3.63, 3.8) is 0 Å². The topological polar surface area (TPSA) is 128 Å². The van der Waals surface area contributed by atoms with E-state index in [1.807, 2.05) is 6.92 Å². The van der Waals surface area contributed by atoms with Crippen LogP contribution >= 0.6 is 0 Å². The highest BCUT2D eigenvalue weighted by molar-refractivity contribution is 5.93. The minimum atomic E-state index is -1.38. The van der Waals surface area contributed by atoms with Gasteiger partial charge in [0.05, 0.1) is 6.10 Å². The van der Waals surface area contributed by atoms with Crippen LogP contribution in [0.1, 0.15) is 36.7 Å². The van der Waals surface area contributed by atoms with Gasteiger partial charge in [0, 0.05) is 6.42 Å². The maximum absolute atomic E-state index is 11.7. The molecule has 0 radical (unpaired) electrons. The zero-order valence-electron chi connectivity index (χ0n) is 10.2. The predicted octanol–water partition coefficient (Wildman–Crippen LogP) is -0.679. The lowest BCUT2D eigenvalue weighted by molar-refractivity contribution is -0.141. The van der Waals surface area contributed by atoms with Gasteiger partial charge in [-0.05, 0) is 13.3 Å². The smallest absolute Gasteiger partial charge is 0.328 e. The SMILES string of the molecule is CCCc1nc(C(=O)N[C@H](C(=O)O)[C@@H](C)O)n[nH]1. The summed E-state index contributed by atoms with van der Waals surface area (Å²) in [5.74, 6) is -1.62. The summed E-state index contributed by atoms with van der Waals surface area (Å²) < 4.78 is 0. The second-order valence-corrected chi connectivity index (χ2v) is 3.89. The number of aliphatic hydroxyl groups excluding tert-OH is 1. The number of carbonyl (C=O) groups is 2. The number of hydrogen-bond acceptors (Lipinski definition) is 5. The number of aliphatic hydroxyl groups is 1. The van der Waals surface area contributed by atoms with Gasteiger partial charge in [0.25, 0.3) is 5.91 Å². The standard InChI is InChI=1S/C10H16N4O4/c1-3-4-6-11-8(14-13-6)9(16)12-7(5(2)15)10(17)18/h5,7,15H,3-4H2,1-2H3,(H,12,16)(H,17,18)(H,11,13,14)/t5-,7+/m1/s1. The highest BCUT2D eigenvalue weighted by atomic mass is 16.4. The first-order valence-corrected chi connectivity index (χ1v) is 5.58. The molecule has 1 aromatic rings. The average molecular weight is 256 g/mol. The van der Waals surface area contributed by atoms with Gasteiger partial charge < -0.3 is 15.5 Å². The van der Waals surface area contributed by atoms with E-state index in [4.69, 9.17) is 5.11 Å². The molecule has 0 bridgehead atoms. The summed E-state index contributed by atoms with van der Waals surface area (Å²) in [4.78, 5) is 26.4. The quantitative estimate of drug-likeness (QED) is 0.534. The number of amides is 1. The van der Waals surface area contributed by atoms with Crippen molar-refractivity contribution in [2.75, 3.05) is 0 Å². The lowest BCUT2D eigenvalue weighted by Crippen LogP contribution is -2.47. The summed E-state index contributed by atoms with van der Waals surface area (Å²) >= 11 is 0. The molecule has 0 spiro atoms. The van der Waals surface area contributed by atoms with Gasteiger partial charge in [-0.25, -0.2) is 9.78 Å². The molecule has 8 heteroatoms. The van der Waals surface area contributed by atoms with E-state index in [-0.39, 0.29) is 5.82 Å². The van der Waals surface area contributed by atoms with Crippen LogP contribution in [0.5, 0.6) is 0 Å². The van der Waals surface area contributed by atoms with Crippen molar-refractivity contribution in [3.8, 4) is 0 Å². The number of carboxylic acid groups (broad SMARTS) is 1. The summed E-state index contributed by atoms with van der Waals surface area (Å²) in [6, 6.07) is -1.38. The Hall–Kier alpha value is -1.96. The molecule has 1 amide bonds. The van der Waals surface area contributed by atoms with Crippen LogP contribution in [-0.2, 0) is 11.2 Å². The van der Waals surface area contributed by atoms with Crippen LogP contribution in [-0.4, -0.2) is 49.4 Å². The molecule has 1 heterocycles. The van der Waals surface area contributed by atoms with Gasteiger partial charge in [-0.3, -0.25) is 9.89 Å². The Morgan fingerprint density at radius 2 is 2.17 bits per heavy atom. The van der Waals surface area contributed by atoms with Crippen molar-refractivity contribution in [1.29, 1.82) is 0 Å². The highest BCUT2D eigenvalue weighted by Crippen LogP contribution is 1.99. The van der Waals surface area contributed by atoms with E-state index in [1.165, 1.54) is 6.92 Å². The lowest BCUT2D eigenvalue weighted by atomic mass is 10.2. The molecule has 100 valence electrons. The maximum Gasteiger partial charge on any atom is 0.328 e. The number of aryl methyl sites for hydroxylation is 1. The molecule has 0 aliphatic rings. The Bertz CT molecular complexity index is 429. The zero-order chi connectivity index (χ0) is 13.7. The molecule has 0 saturated carbocycles. The fourth-order valence-corrected chi connectivity index (χ4v) is 1.34. The van der Waals surface area contributed by atoms with Crippen molar-refractivity contribution in [2.45, 2.75) is 38.8 Å². The number of H-pyrrole nitrogens is 1. The van der Waals surface area contributed by atoms with Gasteiger partial charge in [0.1, 0.15) is 5.82 Å². The normalized spacial score (nSPS) is 13.9. The Morgan fingerprint density at radius 3 is 2.67 bits per heavy atom. The average Bonchev–Trinajstić information content (AvgIpc) is 2.73. The van der Waals surface area contributed by atoms with Gasteiger partial charge in [-0.15, -0.1) is 5.10 Å². The minimum absolute atomic E-state index is 0.134. The number of rotatable bonds is 6. The molecule has 4 N–H and O–H groups in total. The Labute approximate surface area is 103 Å². The van der Waals surface area contributed by atoms with E-state index in [0.717, 1.165) is 6.42 Å². The number of carbonyl (C=O) groups excluding carboxylic acids is 1. The number of nitrogens with zero attached hydrogens (tertiary/aromatic N) is 2. The molecular weight excluding hydrogens is 240 g/mol. The predicted molar refractivity (Wildman–Crippen MR) is 60.9 cm³/mol. The van der Waals surface area contributed by atoms with Crippen LogP contribution in [0.15, 0.2) is 0 Å². The molecule has 0 saturated heterocycles. The Kier molecular flexibility index (Phi) is 4.78. The lowest BCUT2D eigenvalue weighted by Gasteiger charge is -2.15. The molecule has 0 unspecified atom stereocenters. The van der Waals surface area contributed by atoms with Crippen LogP contribution in [0.3, 0.4) is 0 Å². The monoisotopic (exact) mass is 256 g/mol. The summed E-state index contributed by atoms with van der Waals surface area (Å²) in [6.45, 7) is 3.23. The van der Waals surface area contributed by atoms with E-state index in [9.17, 15) is 14.7 Å². The van der Waals surface area contributed by atoms with Gasteiger partial charge in [0.2, 0.25) is 5.82 Å². The fourth-order valence-electron chi connectivity index (χ4n) is 1.34. The second-order valence-electron chi connectivity index (χ2n) is 3.89. The van der Waals surface area contributed by atoms with Crippen LogP contribution in [0.4, 0.5) is 0 Å².